The summed E-state index contributed by atoms with van der Waals surface area (Å²) in [5.74, 6) is -4.88. The van der Waals surface area contributed by atoms with Crippen molar-refractivity contribution in [2.75, 3.05) is 0 Å². The molecule has 0 saturated heterocycles. The third kappa shape index (κ3) is 2.54. The van der Waals surface area contributed by atoms with Crippen molar-refractivity contribution < 1.29 is 28.3 Å². The molecule has 2 aromatic carbocycles. The van der Waals surface area contributed by atoms with E-state index in [1.807, 2.05) is 0 Å². The zero-order valence-corrected chi connectivity index (χ0v) is 12.2. The van der Waals surface area contributed by atoms with Crippen LogP contribution in [0.1, 0.15) is 38.7 Å². The molecule has 2 amide bonds. The van der Waals surface area contributed by atoms with Crippen LogP contribution in [0.25, 0.3) is 0 Å². The van der Waals surface area contributed by atoms with Gasteiger partial charge in [0.1, 0.15) is 0 Å². The van der Waals surface area contributed by atoms with E-state index in [0.717, 1.165) is 23.1 Å². The van der Waals surface area contributed by atoms with E-state index in [4.69, 9.17) is 5.11 Å². The first-order valence-corrected chi connectivity index (χ1v) is 7.04. The van der Waals surface area contributed by atoms with E-state index in [1.165, 1.54) is 12.1 Å². The van der Waals surface area contributed by atoms with Crippen LogP contribution in [0.2, 0.25) is 0 Å². The van der Waals surface area contributed by atoms with Gasteiger partial charge in [-0.25, -0.2) is 8.78 Å². The minimum absolute atomic E-state index is 0.0332. The minimum atomic E-state index is -1.28. The van der Waals surface area contributed by atoms with Gasteiger partial charge in [-0.15, -0.1) is 0 Å². The van der Waals surface area contributed by atoms with Crippen LogP contribution < -0.4 is 0 Å². The lowest BCUT2D eigenvalue weighted by molar-refractivity contribution is -0.138. The third-order valence-corrected chi connectivity index (χ3v) is 3.83. The number of imide groups is 1. The molecule has 5 nitrogen and oxygen atoms in total. The first-order chi connectivity index (χ1) is 11.4. The van der Waals surface area contributed by atoms with Gasteiger partial charge in [0.25, 0.3) is 11.8 Å². The van der Waals surface area contributed by atoms with Crippen molar-refractivity contribution in [2.45, 2.75) is 12.5 Å². The van der Waals surface area contributed by atoms with Gasteiger partial charge in [0.05, 0.1) is 23.6 Å². The summed E-state index contributed by atoms with van der Waals surface area (Å²) in [6, 6.07) is 7.64. The van der Waals surface area contributed by atoms with Crippen molar-refractivity contribution in [2.24, 2.45) is 0 Å². The molecule has 0 saturated carbocycles. The number of nitrogens with zero attached hydrogens (tertiary/aromatic N) is 1. The van der Waals surface area contributed by atoms with Gasteiger partial charge in [-0.3, -0.25) is 19.3 Å². The maximum Gasteiger partial charge on any atom is 0.305 e. The second-order valence-corrected chi connectivity index (χ2v) is 5.31. The molecule has 2 aromatic rings. The summed E-state index contributed by atoms with van der Waals surface area (Å²) < 4.78 is 26.6. The summed E-state index contributed by atoms with van der Waals surface area (Å²) in [5.41, 5.74) is 0.340. The highest BCUT2D eigenvalue weighted by atomic mass is 19.2. The van der Waals surface area contributed by atoms with E-state index < -0.39 is 41.9 Å². The quantitative estimate of drug-likeness (QED) is 0.874. The lowest BCUT2D eigenvalue weighted by atomic mass is 10.0. The average molecular weight is 331 g/mol. The second-order valence-electron chi connectivity index (χ2n) is 5.31. The molecule has 3 rings (SSSR count). The number of carboxylic acid groups (broad SMARTS) is 1. The third-order valence-electron chi connectivity index (χ3n) is 3.83. The molecule has 122 valence electrons. The molecule has 1 heterocycles. The van der Waals surface area contributed by atoms with Crippen LogP contribution >= 0.6 is 0 Å². The number of halogens is 2. The lowest BCUT2D eigenvalue weighted by Crippen LogP contribution is -2.35. The van der Waals surface area contributed by atoms with E-state index in [2.05, 4.69) is 0 Å². The van der Waals surface area contributed by atoms with Gasteiger partial charge in [-0.1, -0.05) is 18.2 Å². The van der Waals surface area contributed by atoms with Gasteiger partial charge in [-0.2, -0.15) is 0 Å². The van der Waals surface area contributed by atoms with E-state index >= 15 is 0 Å². The highest BCUT2D eigenvalue weighted by Crippen LogP contribution is 2.33. The summed E-state index contributed by atoms with van der Waals surface area (Å²) in [7, 11) is 0. The Balaban J connectivity index is 2.07. The SMILES string of the molecule is O=C(O)C[C@H](c1ccc(F)c(F)c1)N1C(=O)c2ccccc2C1=O. The van der Waals surface area contributed by atoms with Gasteiger partial charge in [0.15, 0.2) is 11.6 Å². The van der Waals surface area contributed by atoms with Gasteiger partial charge < -0.3 is 5.11 Å². The van der Waals surface area contributed by atoms with Crippen molar-refractivity contribution in [1.82, 2.24) is 4.90 Å². The Morgan fingerprint density at radius 3 is 2.08 bits per heavy atom. The molecule has 1 atom stereocenters. The number of hydrogen-bond acceptors (Lipinski definition) is 3. The number of carbonyl (C=O) groups excluding carboxylic acids is 2. The highest BCUT2D eigenvalue weighted by molar-refractivity contribution is 6.21. The molecule has 1 aliphatic heterocycles. The smallest absolute Gasteiger partial charge is 0.305 e. The second kappa shape index (κ2) is 5.84. The van der Waals surface area contributed by atoms with Gasteiger partial charge in [0, 0.05) is 0 Å². The molecule has 0 spiro atoms. The predicted molar refractivity (Wildman–Crippen MR) is 78.3 cm³/mol. The Bertz CT molecular complexity index is 830. The first kappa shape index (κ1) is 15.8. The van der Waals surface area contributed by atoms with Crippen molar-refractivity contribution in [3.63, 3.8) is 0 Å². The van der Waals surface area contributed by atoms with Crippen molar-refractivity contribution >= 4 is 17.8 Å². The molecule has 1 N–H and O–H groups in total. The number of amides is 2. The zero-order chi connectivity index (χ0) is 17.4. The standard InChI is InChI=1S/C17H11F2NO4/c18-12-6-5-9(7-13(12)19)14(8-15(21)22)20-16(23)10-3-1-2-4-11(10)17(20)24/h1-7,14H,8H2,(H,21,22)/t14-/m1/s1. The fourth-order valence-electron chi connectivity index (χ4n) is 2.73. The van der Waals surface area contributed by atoms with Crippen LogP contribution in [0.15, 0.2) is 42.5 Å². The van der Waals surface area contributed by atoms with Crippen LogP contribution in [-0.2, 0) is 4.79 Å². The molecule has 24 heavy (non-hydrogen) atoms. The first-order valence-electron chi connectivity index (χ1n) is 7.04. The number of rotatable bonds is 4. The summed E-state index contributed by atoms with van der Waals surface area (Å²) in [6.45, 7) is 0. The average Bonchev–Trinajstić information content (AvgIpc) is 2.80. The monoisotopic (exact) mass is 331 g/mol. The Labute approximate surface area is 135 Å². The minimum Gasteiger partial charge on any atom is -0.481 e. The van der Waals surface area contributed by atoms with Crippen LogP contribution in [-0.4, -0.2) is 27.8 Å². The molecule has 0 fully saturated rings. The Kier molecular flexibility index (Phi) is 3.84. The predicted octanol–water partition coefficient (Wildman–Crippen LogP) is 2.78. The van der Waals surface area contributed by atoms with E-state index in [1.54, 1.807) is 12.1 Å². The van der Waals surface area contributed by atoms with E-state index in [9.17, 15) is 23.2 Å². The zero-order valence-electron chi connectivity index (χ0n) is 12.2. The number of fused-ring (bicyclic) bond motifs is 1. The van der Waals surface area contributed by atoms with Crippen LogP contribution in [0, 0.1) is 11.6 Å². The summed E-state index contributed by atoms with van der Waals surface area (Å²) >= 11 is 0. The molecule has 7 heteroatoms. The number of carboxylic acids is 1. The van der Waals surface area contributed by atoms with E-state index in [0.29, 0.717) is 0 Å². The van der Waals surface area contributed by atoms with Gasteiger partial charge in [0.2, 0.25) is 0 Å². The largest absolute Gasteiger partial charge is 0.481 e. The van der Waals surface area contributed by atoms with Crippen LogP contribution in [0.5, 0.6) is 0 Å². The van der Waals surface area contributed by atoms with E-state index in [-0.39, 0.29) is 16.7 Å². The molecule has 0 aromatic heterocycles. The lowest BCUT2D eigenvalue weighted by Gasteiger charge is -2.25. The van der Waals surface area contributed by atoms with Crippen LogP contribution in [0.4, 0.5) is 8.78 Å². The summed E-state index contributed by atoms with van der Waals surface area (Å²) in [6.07, 6.45) is -0.615. The fourth-order valence-corrected chi connectivity index (χ4v) is 2.73. The maximum atomic E-state index is 13.5. The number of benzene rings is 2. The summed E-state index contributed by atoms with van der Waals surface area (Å²) in [4.78, 5) is 36.9. The molecule has 0 radical (unpaired) electrons. The molecular weight excluding hydrogens is 320 g/mol. The fraction of sp³-hybridized carbons (Fsp3) is 0.118. The molecular formula is C17H11F2NO4. The Morgan fingerprint density at radius 1 is 1.00 bits per heavy atom. The summed E-state index contributed by atoms with van der Waals surface area (Å²) in [5, 5.41) is 9.10. The maximum absolute atomic E-state index is 13.5. The van der Waals surface area contributed by atoms with Gasteiger partial charge >= 0.3 is 5.97 Å². The van der Waals surface area contributed by atoms with Crippen molar-refractivity contribution in [3.05, 3.63) is 70.8 Å². The number of hydrogen-bond donors (Lipinski definition) is 1. The van der Waals surface area contributed by atoms with Gasteiger partial charge in [-0.05, 0) is 29.8 Å². The van der Waals surface area contributed by atoms with Crippen molar-refractivity contribution in [3.8, 4) is 0 Å². The molecule has 0 unspecified atom stereocenters. The highest BCUT2D eigenvalue weighted by Gasteiger charge is 2.41. The number of aliphatic carboxylic acids is 1. The molecule has 1 aliphatic rings. The van der Waals surface area contributed by atoms with Crippen LogP contribution in [0.3, 0.4) is 0 Å². The normalized spacial score (nSPS) is 14.7. The molecule has 0 aliphatic carbocycles. The Morgan fingerprint density at radius 2 is 1.58 bits per heavy atom. The van der Waals surface area contributed by atoms with Crippen molar-refractivity contribution in [1.29, 1.82) is 0 Å². The Hall–Kier alpha value is -3.09. The topological polar surface area (TPSA) is 74.7 Å². The molecule has 0 bridgehead atoms. The number of carbonyl (C=O) groups is 3.